The Morgan fingerprint density at radius 3 is 2.92 bits per heavy atom. The van der Waals surface area contributed by atoms with Crippen molar-refractivity contribution in [3.8, 4) is 10.8 Å². The van der Waals surface area contributed by atoms with Crippen molar-refractivity contribution in [1.29, 1.82) is 0 Å². The lowest BCUT2D eigenvalue weighted by Gasteiger charge is -2.06. The summed E-state index contributed by atoms with van der Waals surface area (Å²) in [6.45, 7) is 1.65. The van der Waals surface area contributed by atoms with Crippen LogP contribution in [0, 0.1) is 12.7 Å². The van der Waals surface area contributed by atoms with E-state index in [0.29, 0.717) is 33.8 Å². The number of hydrogen-bond acceptors (Lipinski definition) is 5. The Balaban J connectivity index is 1.57. The summed E-state index contributed by atoms with van der Waals surface area (Å²) >= 11 is 1.41. The minimum Gasteiger partial charge on any atom is -0.420 e. The zero-order chi connectivity index (χ0) is 16.7. The average Bonchev–Trinajstić information content (AvgIpc) is 3.12. The molecule has 2 aromatic heterocycles. The van der Waals surface area contributed by atoms with Gasteiger partial charge >= 0.3 is 0 Å². The van der Waals surface area contributed by atoms with Crippen LogP contribution in [0.25, 0.3) is 10.8 Å². The predicted molar refractivity (Wildman–Crippen MR) is 88.7 cm³/mol. The fraction of sp³-hybridized carbons (Fsp3) is 0.235. The molecule has 1 aliphatic rings. The van der Waals surface area contributed by atoms with Crippen molar-refractivity contribution in [2.75, 3.05) is 5.32 Å². The first-order valence-corrected chi connectivity index (χ1v) is 8.48. The predicted octanol–water partition coefficient (Wildman–Crippen LogP) is 4.38. The molecule has 7 heteroatoms. The quantitative estimate of drug-likeness (QED) is 0.763. The number of anilines is 1. The number of hydrogen-bond donors (Lipinski definition) is 1. The zero-order valence-electron chi connectivity index (χ0n) is 12.9. The second kappa shape index (κ2) is 5.83. The highest BCUT2D eigenvalue weighted by atomic mass is 32.1. The largest absolute Gasteiger partial charge is 0.420 e. The molecule has 4 rings (SSSR count). The molecule has 0 saturated heterocycles. The molecule has 1 fully saturated rings. The molecule has 122 valence electrons. The maximum Gasteiger partial charge on any atom is 0.259 e. The van der Waals surface area contributed by atoms with Crippen LogP contribution < -0.4 is 5.32 Å². The van der Waals surface area contributed by atoms with Gasteiger partial charge in [-0.1, -0.05) is 6.07 Å². The Hall–Kier alpha value is -2.54. The van der Waals surface area contributed by atoms with Crippen molar-refractivity contribution in [3.63, 3.8) is 0 Å². The lowest BCUT2D eigenvalue weighted by molar-refractivity contribution is 0.102. The van der Waals surface area contributed by atoms with Crippen LogP contribution >= 0.6 is 11.3 Å². The summed E-state index contributed by atoms with van der Waals surface area (Å²) in [7, 11) is 0. The number of nitrogens with one attached hydrogen (secondary N) is 1. The van der Waals surface area contributed by atoms with Gasteiger partial charge in [0.15, 0.2) is 0 Å². The van der Waals surface area contributed by atoms with Gasteiger partial charge in [-0.3, -0.25) is 4.79 Å². The van der Waals surface area contributed by atoms with Gasteiger partial charge in [0.25, 0.3) is 11.8 Å². The van der Waals surface area contributed by atoms with Crippen LogP contribution in [0.5, 0.6) is 0 Å². The monoisotopic (exact) mass is 343 g/mol. The molecule has 0 aliphatic heterocycles. The van der Waals surface area contributed by atoms with Crippen molar-refractivity contribution in [2.45, 2.75) is 25.7 Å². The molecule has 5 nitrogen and oxygen atoms in total. The van der Waals surface area contributed by atoms with Crippen molar-refractivity contribution in [1.82, 2.24) is 10.2 Å². The second-order valence-corrected chi connectivity index (χ2v) is 6.72. The summed E-state index contributed by atoms with van der Waals surface area (Å²) in [5.41, 5.74) is 1.35. The molecule has 1 amide bonds. The second-order valence-electron chi connectivity index (χ2n) is 5.80. The van der Waals surface area contributed by atoms with Gasteiger partial charge in [0.05, 0.1) is 5.69 Å². The molecule has 1 N–H and O–H groups in total. The van der Waals surface area contributed by atoms with Crippen LogP contribution in [0.1, 0.15) is 40.6 Å². The van der Waals surface area contributed by atoms with E-state index in [0.717, 1.165) is 12.8 Å². The number of thiophene rings is 1. The molecule has 24 heavy (non-hydrogen) atoms. The third kappa shape index (κ3) is 2.82. The van der Waals surface area contributed by atoms with Crippen molar-refractivity contribution < 1.29 is 13.6 Å². The summed E-state index contributed by atoms with van der Waals surface area (Å²) in [6.07, 6.45) is 2.16. The van der Waals surface area contributed by atoms with E-state index < -0.39 is 5.82 Å². The number of benzene rings is 1. The molecule has 2 heterocycles. The van der Waals surface area contributed by atoms with Crippen molar-refractivity contribution in [2.24, 2.45) is 0 Å². The third-order valence-corrected chi connectivity index (χ3v) is 4.81. The number of carbonyl (C=O) groups is 1. The van der Waals surface area contributed by atoms with Gasteiger partial charge in [-0.05, 0) is 48.9 Å². The number of aryl methyl sites for hydroxylation is 1. The van der Waals surface area contributed by atoms with Gasteiger partial charge in [0, 0.05) is 11.5 Å². The van der Waals surface area contributed by atoms with Gasteiger partial charge in [-0.15, -0.1) is 21.5 Å². The zero-order valence-corrected chi connectivity index (χ0v) is 13.7. The van der Waals surface area contributed by atoms with Gasteiger partial charge in [0.1, 0.15) is 10.7 Å². The van der Waals surface area contributed by atoms with E-state index in [4.69, 9.17) is 4.42 Å². The summed E-state index contributed by atoms with van der Waals surface area (Å²) in [5.74, 6) is 0.642. The van der Waals surface area contributed by atoms with Gasteiger partial charge < -0.3 is 9.73 Å². The van der Waals surface area contributed by atoms with E-state index in [2.05, 4.69) is 15.5 Å². The van der Waals surface area contributed by atoms with E-state index in [1.165, 1.54) is 17.4 Å². The fourth-order valence-corrected chi connectivity index (χ4v) is 3.09. The van der Waals surface area contributed by atoms with E-state index in [-0.39, 0.29) is 11.5 Å². The third-order valence-electron chi connectivity index (χ3n) is 3.91. The molecule has 1 aromatic carbocycles. The fourth-order valence-electron chi connectivity index (χ4n) is 2.32. The first kappa shape index (κ1) is 15.0. The highest BCUT2D eigenvalue weighted by Crippen LogP contribution is 2.41. The number of halogens is 1. The molecule has 1 aliphatic carbocycles. The van der Waals surface area contributed by atoms with Crippen LogP contribution in [0.3, 0.4) is 0 Å². The Labute approximate surface area is 141 Å². The van der Waals surface area contributed by atoms with Gasteiger partial charge in [-0.25, -0.2) is 4.39 Å². The minimum absolute atomic E-state index is 0.263. The Morgan fingerprint density at radius 2 is 2.17 bits per heavy atom. The van der Waals surface area contributed by atoms with Crippen LogP contribution in [-0.2, 0) is 0 Å². The van der Waals surface area contributed by atoms with Gasteiger partial charge in [0.2, 0.25) is 5.89 Å². The Bertz CT molecular complexity index is 914. The highest BCUT2D eigenvalue weighted by Gasteiger charge is 2.30. The maximum absolute atomic E-state index is 13.6. The van der Waals surface area contributed by atoms with Gasteiger partial charge in [-0.2, -0.15) is 0 Å². The maximum atomic E-state index is 13.6. The van der Waals surface area contributed by atoms with Crippen molar-refractivity contribution in [3.05, 3.63) is 52.5 Å². The minimum atomic E-state index is -0.404. The number of amides is 1. The van der Waals surface area contributed by atoms with E-state index >= 15 is 0 Å². The smallest absolute Gasteiger partial charge is 0.259 e. The molecular formula is C17H14FN3O2S. The topological polar surface area (TPSA) is 68.0 Å². The van der Waals surface area contributed by atoms with Crippen LogP contribution in [-0.4, -0.2) is 16.1 Å². The first-order valence-electron chi connectivity index (χ1n) is 7.60. The SMILES string of the molecule is Cc1ccc(C(=O)Nc2ccsc2-c2nnc(C3CC3)o2)cc1F. The molecule has 0 unspecified atom stereocenters. The Morgan fingerprint density at radius 1 is 1.33 bits per heavy atom. The summed E-state index contributed by atoms with van der Waals surface area (Å²) in [5, 5.41) is 12.7. The lowest BCUT2D eigenvalue weighted by atomic mass is 10.1. The standard InChI is InChI=1S/C17H14FN3O2S/c1-9-2-3-11(8-12(9)18)15(22)19-13-6-7-24-14(13)17-21-20-16(23-17)10-4-5-10/h2-3,6-8,10H,4-5H2,1H3,(H,19,22). The number of nitrogens with zero attached hydrogens (tertiary/aromatic N) is 2. The molecular weight excluding hydrogens is 329 g/mol. The lowest BCUT2D eigenvalue weighted by Crippen LogP contribution is -2.12. The van der Waals surface area contributed by atoms with E-state index in [1.54, 1.807) is 25.1 Å². The number of rotatable bonds is 4. The number of aromatic nitrogens is 2. The Kier molecular flexibility index (Phi) is 3.65. The highest BCUT2D eigenvalue weighted by molar-refractivity contribution is 7.14. The summed E-state index contributed by atoms with van der Waals surface area (Å²) < 4.78 is 19.3. The number of carbonyl (C=O) groups excluding carboxylic acids is 1. The molecule has 0 bridgehead atoms. The molecule has 0 radical (unpaired) electrons. The van der Waals surface area contributed by atoms with Crippen LogP contribution in [0.4, 0.5) is 10.1 Å². The summed E-state index contributed by atoms with van der Waals surface area (Å²) in [4.78, 5) is 13.0. The van der Waals surface area contributed by atoms with Crippen molar-refractivity contribution >= 4 is 22.9 Å². The van der Waals surface area contributed by atoms with Crippen LogP contribution in [0.2, 0.25) is 0 Å². The molecule has 3 aromatic rings. The molecule has 1 saturated carbocycles. The van der Waals surface area contributed by atoms with E-state index in [9.17, 15) is 9.18 Å². The van der Waals surface area contributed by atoms with Crippen LogP contribution in [0.15, 0.2) is 34.1 Å². The average molecular weight is 343 g/mol. The summed E-state index contributed by atoms with van der Waals surface area (Å²) in [6, 6.07) is 6.18. The molecule has 0 atom stereocenters. The first-order chi connectivity index (χ1) is 11.6. The molecule has 0 spiro atoms. The normalized spacial score (nSPS) is 13.9. The van der Waals surface area contributed by atoms with E-state index in [1.807, 2.05) is 5.38 Å².